The van der Waals surface area contributed by atoms with Crippen molar-refractivity contribution in [3.63, 3.8) is 0 Å². The van der Waals surface area contributed by atoms with Gasteiger partial charge in [-0.1, -0.05) is 6.92 Å². The van der Waals surface area contributed by atoms with E-state index < -0.39 is 0 Å². The molecule has 0 saturated carbocycles. The van der Waals surface area contributed by atoms with Gasteiger partial charge in [0.25, 0.3) is 11.1 Å². The van der Waals surface area contributed by atoms with E-state index >= 15 is 0 Å². The summed E-state index contributed by atoms with van der Waals surface area (Å²) >= 11 is 0.987. The molecule has 1 aromatic heterocycles. The molecule has 0 spiro atoms. The molecule has 2 saturated heterocycles. The predicted octanol–water partition coefficient (Wildman–Crippen LogP) is 3.71. The molecule has 2 aliphatic rings. The molecular formula is C16H20N2O3S. The van der Waals surface area contributed by atoms with Gasteiger partial charge in [-0.15, -0.1) is 0 Å². The van der Waals surface area contributed by atoms with Gasteiger partial charge in [0.2, 0.25) is 0 Å². The maximum Gasteiger partial charge on any atom is 0.293 e. The summed E-state index contributed by atoms with van der Waals surface area (Å²) < 4.78 is 5.79. The summed E-state index contributed by atoms with van der Waals surface area (Å²) in [6, 6.07) is 3.70. The molecule has 1 unspecified atom stereocenters. The molecule has 3 heterocycles. The monoisotopic (exact) mass is 320 g/mol. The summed E-state index contributed by atoms with van der Waals surface area (Å²) in [5.74, 6) is 1.24. The van der Waals surface area contributed by atoms with Crippen molar-refractivity contribution in [2.45, 2.75) is 39.2 Å². The van der Waals surface area contributed by atoms with Gasteiger partial charge in [0.15, 0.2) is 5.88 Å². The van der Waals surface area contributed by atoms with Crippen LogP contribution >= 0.6 is 11.8 Å². The van der Waals surface area contributed by atoms with Crippen LogP contribution in [0.5, 0.6) is 0 Å². The van der Waals surface area contributed by atoms with E-state index in [0.717, 1.165) is 37.2 Å². The molecule has 2 aliphatic heterocycles. The van der Waals surface area contributed by atoms with E-state index in [9.17, 15) is 9.59 Å². The Morgan fingerprint density at radius 3 is 2.73 bits per heavy atom. The second-order valence-electron chi connectivity index (χ2n) is 5.68. The zero-order valence-corrected chi connectivity index (χ0v) is 13.7. The van der Waals surface area contributed by atoms with Crippen LogP contribution in [-0.2, 0) is 4.79 Å². The summed E-state index contributed by atoms with van der Waals surface area (Å²) in [4.78, 5) is 28.3. The summed E-state index contributed by atoms with van der Waals surface area (Å²) in [5.41, 5.74) is 0. The third-order valence-corrected chi connectivity index (χ3v) is 5.04. The molecule has 3 rings (SSSR count). The van der Waals surface area contributed by atoms with Gasteiger partial charge in [0, 0.05) is 31.3 Å². The minimum absolute atomic E-state index is 0.0739. The van der Waals surface area contributed by atoms with E-state index in [4.69, 9.17) is 4.42 Å². The van der Waals surface area contributed by atoms with Crippen LogP contribution < -0.4 is 4.90 Å². The molecule has 0 aliphatic carbocycles. The molecule has 118 valence electrons. The number of anilines is 1. The van der Waals surface area contributed by atoms with E-state index in [1.54, 1.807) is 6.08 Å². The Kier molecular flexibility index (Phi) is 4.29. The van der Waals surface area contributed by atoms with Crippen LogP contribution in [0.1, 0.15) is 38.9 Å². The lowest BCUT2D eigenvalue weighted by Gasteiger charge is -2.19. The molecule has 6 heteroatoms. The second kappa shape index (κ2) is 6.20. The minimum Gasteiger partial charge on any atom is -0.441 e. The molecule has 0 N–H and O–H groups in total. The van der Waals surface area contributed by atoms with E-state index in [2.05, 4.69) is 4.90 Å². The summed E-state index contributed by atoms with van der Waals surface area (Å²) in [5, 5.41) is -0.197. The second-order valence-corrected chi connectivity index (χ2v) is 6.67. The molecule has 1 atom stereocenters. The minimum atomic E-state index is -0.219. The van der Waals surface area contributed by atoms with Crippen molar-refractivity contribution < 1.29 is 14.0 Å². The SMILES string of the molecule is CCC(C)N1C(=O)S/C(=C/c2ccc(N3CCCC3)o2)C1=O. The van der Waals surface area contributed by atoms with Crippen molar-refractivity contribution in [3.8, 4) is 0 Å². The van der Waals surface area contributed by atoms with Gasteiger partial charge in [0.1, 0.15) is 5.76 Å². The Hall–Kier alpha value is -1.69. The number of hydrogen-bond donors (Lipinski definition) is 0. The Bertz CT molecular complexity index is 617. The predicted molar refractivity (Wildman–Crippen MR) is 87.7 cm³/mol. The number of furan rings is 1. The lowest BCUT2D eigenvalue weighted by atomic mass is 10.2. The molecule has 0 bridgehead atoms. The van der Waals surface area contributed by atoms with Crippen molar-refractivity contribution in [2.75, 3.05) is 18.0 Å². The fourth-order valence-electron chi connectivity index (χ4n) is 2.70. The zero-order valence-electron chi connectivity index (χ0n) is 12.9. The fraction of sp³-hybridized carbons (Fsp3) is 0.500. The van der Waals surface area contributed by atoms with Crippen molar-refractivity contribution in [1.82, 2.24) is 4.90 Å². The van der Waals surface area contributed by atoms with Crippen LogP contribution in [0.3, 0.4) is 0 Å². The topological polar surface area (TPSA) is 53.8 Å². The highest BCUT2D eigenvalue weighted by Gasteiger charge is 2.37. The number of imide groups is 1. The molecule has 2 fully saturated rings. The average Bonchev–Trinajstić information content (AvgIpc) is 3.21. The summed E-state index contributed by atoms with van der Waals surface area (Å²) in [7, 11) is 0. The first kappa shape index (κ1) is 15.2. The zero-order chi connectivity index (χ0) is 15.7. The van der Waals surface area contributed by atoms with E-state index in [0.29, 0.717) is 10.7 Å². The van der Waals surface area contributed by atoms with Gasteiger partial charge in [0.05, 0.1) is 4.91 Å². The lowest BCUT2D eigenvalue weighted by Crippen LogP contribution is -2.36. The van der Waals surface area contributed by atoms with E-state index in [1.807, 2.05) is 26.0 Å². The van der Waals surface area contributed by atoms with E-state index in [1.165, 1.54) is 17.7 Å². The number of carbonyl (C=O) groups is 2. The van der Waals surface area contributed by atoms with Gasteiger partial charge in [-0.2, -0.15) is 0 Å². The van der Waals surface area contributed by atoms with Crippen LogP contribution in [0.25, 0.3) is 6.08 Å². The average molecular weight is 320 g/mol. The molecule has 0 aromatic carbocycles. The van der Waals surface area contributed by atoms with Crippen LogP contribution in [0.2, 0.25) is 0 Å². The van der Waals surface area contributed by atoms with Crippen molar-refractivity contribution in [3.05, 3.63) is 22.8 Å². The Balaban J connectivity index is 1.78. The molecule has 2 amide bonds. The van der Waals surface area contributed by atoms with Gasteiger partial charge < -0.3 is 9.32 Å². The van der Waals surface area contributed by atoms with Crippen molar-refractivity contribution >= 4 is 34.9 Å². The highest BCUT2D eigenvalue weighted by Crippen LogP contribution is 2.35. The van der Waals surface area contributed by atoms with Crippen molar-refractivity contribution in [1.29, 1.82) is 0 Å². The highest BCUT2D eigenvalue weighted by atomic mass is 32.2. The van der Waals surface area contributed by atoms with Gasteiger partial charge in [-0.3, -0.25) is 14.5 Å². The third kappa shape index (κ3) is 2.79. The first-order valence-electron chi connectivity index (χ1n) is 7.72. The standard InChI is InChI=1S/C16H20N2O3S/c1-3-11(2)18-15(19)13(22-16(18)20)10-12-6-7-14(21-12)17-8-4-5-9-17/h6-7,10-11H,3-5,8-9H2,1-2H3/b13-10+. The third-order valence-electron chi connectivity index (χ3n) is 4.16. The van der Waals surface area contributed by atoms with Gasteiger partial charge in [-0.25, -0.2) is 0 Å². The molecule has 1 aromatic rings. The number of hydrogen-bond acceptors (Lipinski definition) is 5. The smallest absolute Gasteiger partial charge is 0.293 e. The molecular weight excluding hydrogens is 300 g/mol. The maximum absolute atomic E-state index is 12.3. The quantitative estimate of drug-likeness (QED) is 0.792. The first-order chi connectivity index (χ1) is 10.6. The number of amides is 2. The fourth-order valence-corrected chi connectivity index (χ4v) is 3.61. The maximum atomic E-state index is 12.3. The van der Waals surface area contributed by atoms with Crippen LogP contribution in [0.15, 0.2) is 21.5 Å². The molecule has 5 nitrogen and oxygen atoms in total. The van der Waals surface area contributed by atoms with Gasteiger partial charge >= 0.3 is 0 Å². The Morgan fingerprint density at radius 2 is 2.05 bits per heavy atom. The van der Waals surface area contributed by atoms with Crippen molar-refractivity contribution in [2.24, 2.45) is 0 Å². The van der Waals surface area contributed by atoms with Crippen LogP contribution in [0.4, 0.5) is 10.7 Å². The Labute approximate surface area is 134 Å². The highest BCUT2D eigenvalue weighted by molar-refractivity contribution is 8.18. The lowest BCUT2D eigenvalue weighted by molar-refractivity contribution is -0.124. The molecule has 0 radical (unpaired) electrons. The summed E-state index contributed by atoms with van der Waals surface area (Å²) in [6.45, 7) is 5.87. The van der Waals surface area contributed by atoms with Crippen LogP contribution in [-0.4, -0.2) is 35.2 Å². The first-order valence-corrected chi connectivity index (χ1v) is 8.53. The van der Waals surface area contributed by atoms with Crippen LogP contribution in [0, 0.1) is 0 Å². The van der Waals surface area contributed by atoms with E-state index in [-0.39, 0.29) is 17.2 Å². The summed E-state index contributed by atoms with van der Waals surface area (Å²) in [6.07, 6.45) is 4.80. The number of nitrogens with zero attached hydrogens (tertiary/aromatic N) is 2. The van der Waals surface area contributed by atoms with Gasteiger partial charge in [-0.05, 0) is 44.0 Å². The number of rotatable bonds is 4. The largest absolute Gasteiger partial charge is 0.441 e. The normalized spacial score (nSPS) is 22.2. The number of thioether (sulfide) groups is 1. The number of carbonyl (C=O) groups excluding carboxylic acids is 2. The molecule has 22 heavy (non-hydrogen) atoms. The Morgan fingerprint density at radius 1 is 1.32 bits per heavy atom.